The first-order valence-electron chi connectivity index (χ1n) is 6.13. The van der Waals surface area contributed by atoms with Gasteiger partial charge in [-0.25, -0.2) is 0 Å². The lowest BCUT2D eigenvalue weighted by atomic mass is 9.84. The maximum Gasteiger partial charge on any atom is 0.251 e. The van der Waals surface area contributed by atoms with E-state index in [9.17, 15) is 4.79 Å². The second kappa shape index (κ2) is 4.37. The highest BCUT2D eigenvalue weighted by molar-refractivity contribution is 7.17. The van der Waals surface area contributed by atoms with Gasteiger partial charge in [-0.05, 0) is 23.6 Å². The van der Waals surface area contributed by atoms with Gasteiger partial charge in [0, 0.05) is 40.7 Å². The third-order valence-electron chi connectivity index (χ3n) is 3.52. The summed E-state index contributed by atoms with van der Waals surface area (Å²) in [6, 6.07) is 7.90. The Balaban J connectivity index is 1.77. The van der Waals surface area contributed by atoms with Crippen LogP contribution in [0.25, 0.3) is 10.1 Å². The quantitative estimate of drug-likeness (QED) is 0.888. The Morgan fingerprint density at radius 1 is 1.44 bits per heavy atom. The monoisotopic (exact) mass is 260 g/mol. The summed E-state index contributed by atoms with van der Waals surface area (Å²) in [4.78, 5) is 12.2. The molecule has 0 bridgehead atoms. The van der Waals surface area contributed by atoms with Gasteiger partial charge in [-0.2, -0.15) is 0 Å². The maximum atomic E-state index is 12.2. The number of carbonyl (C=O) groups is 1. The van der Waals surface area contributed by atoms with E-state index < -0.39 is 0 Å². The first kappa shape index (κ1) is 11.7. The van der Waals surface area contributed by atoms with Crippen LogP contribution in [0.15, 0.2) is 29.6 Å². The standard InChI is InChI=1S/C14H16N2OS/c1-14(7-15-8-14)9-16-13(17)11-3-2-4-12-10(11)5-6-18-12/h2-6,15H,7-9H2,1H3,(H,16,17). The summed E-state index contributed by atoms with van der Waals surface area (Å²) in [5.41, 5.74) is 1.00. The molecule has 0 aliphatic carbocycles. The molecule has 2 aromatic rings. The van der Waals surface area contributed by atoms with Crippen molar-refractivity contribution in [2.45, 2.75) is 6.92 Å². The summed E-state index contributed by atoms with van der Waals surface area (Å²) < 4.78 is 1.17. The fourth-order valence-corrected chi connectivity index (χ4v) is 3.07. The molecule has 0 radical (unpaired) electrons. The van der Waals surface area contributed by atoms with Crippen molar-refractivity contribution in [3.63, 3.8) is 0 Å². The van der Waals surface area contributed by atoms with Crippen molar-refractivity contribution >= 4 is 27.3 Å². The molecule has 0 spiro atoms. The van der Waals surface area contributed by atoms with Gasteiger partial charge in [0.1, 0.15) is 0 Å². The highest BCUT2D eigenvalue weighted by Crippen LogP contribution is 2.24. The van der Waals surface area contributed by atoms with Crippen LogP contribution in [-0.2, 0) is 0 Å². The zero-order chi connectivity index (χ0) is 12.6. The molecule has 4 heteroatoms. The Labute approximate surface area is 110 Å². The molecule has 0 atom stereocenters. The molecule has 1 saturated heterocycles. The summed E-state index contributed by atoms with van der Waals surface area (Å²) in [6.07, 6.45) is 0. The number of benzene rings is 1. The first-order valence-corrected chi connectivity index (χ1v) is 7.01. The lowest BCUT2D eigenvalue weighted by molar-refractivity contribution is 0.0913. The fraction of sp³-hybridized carbons (Fsp3) is 0.357. The molecule has 0 unspecified atom stereocenters. The molecule has 3 rings (SSSR count). The van der Waals surface area contributed by atoms with Crippen molar-refractivity contribution in [2.75, 3.05) is 19.6 Å². The number of thiophene rings is 1. The second-order valence-corrected chi connectivity index (χ2v) is 6.18. The molecule has 3 nitrogen and oxygen atoms in total. The smallest absolute Gasteiger partial charge is 0.251 e. The van der Waals surface area contributed by atoms with E-state index in [0.29, 0.717) is 0 Å². The zero-order valence-electron chi connectivity index (χ0n) is 10.3. The largest absolute Gasteiger partial charge is 0.351 e. The van der Waals surface area contributed by atoms with Crippen LogP contribution in [0, 0.1) is 5.41 Å². The van der Waals surface area contributed by atoms with Gasteiger partial charge in [-0.3, -0.25) is 4.79 Å². The summed E-state index contributed by atoms with van der Waals surface area (Å²) in [7, 11) is 0. The second-order valence-electron chi connectivity index (χ2n) is 5.23. The minimum Gasteiger partial charge on any atom is -0.351 e. The van der Waals surface area contributed by atoms with Crippen LogP contribution in [0.4, 0.5) is 0 Å². The Bertz CT molecular complexity index is 586. The number of nitrogens with one attached hydrogen (secondary N) is 2. The Morgan fingerprint density at radius 2 is 2.28 bits per heavy atom. The first-order chi connectivity index (χ1) is 8.68. The molecular weight excluding hydrogens is 244 g/mol. The normalized spacial score (nSPS) is 17.4. The van der Waals surface area contributed by atoms with Crippen LogP contribution in [0.1, 0.15) is 17.3 Å². The predicted molar refractivity (Wildman–Crippen MR) is 75.1 cm³/mol. The average Bonchev–Trinajstić information content (AvgIpc) is 2.81. The molecule has 0 saturated carbocycles. The molecule has 1 aliphatic heterocycles. The van der Waals surface area contributed by atoms with Gasteiger partial charge in [-0.1, -0.05) is 13.0 Å². The molecular formula is C14H16N2OS. The highest BCUT2D eigenvalue weighted by Gasteiger charge is 2.31. The van der Waals surface area contributed by atoms with Crippen molar-refractivity contribution in [3.05, 3.63) is 35.2 Å². The lowest BCUT2D eigenvalue weighted by Crippen LogP contribution is -2.56. The molecule has 1 fully saturated rings. The van der Waals surface area contributed by atoms with Crippen LogP contribution in [0.2, 0.25) is 0 Å². The van der Waals surface area contributed by atoms with Crippen molar-refractivity contribution in [3.8, 4) is 0 Å². The third-order valence-corrected chi connectivity index (χ3v) is 4.40. The fourth-order valence-electron chi connectivity index (χ4n) is 2.26. The Hall–Kier alpha value is -1.39. The molecule has 2 N–H and O–H groups in total. The Morgan fingerprint density at radius 3 is 3.00 bits per heavy atom. The number of amides is 1. The Kier molecular flexibility index (Phi) is 2.84. The van der Waals surface area contributed by atoms with Crippen LogP contribution >= 0.6 is 11.3 Å². The molecule has 1 aromatic heterocycles. The summed E-state index contributed by atoms with van der Waals surface area (Å²) >= 11 is 1.67. The van der Waals surface area contributed by atoms with Gasteiger partial charge in [0.2, 0.25) is 0 Å². The summed E-state index contributed by atoms with van der Waals surface area (Å²) in [5.74, 6) is 0.0344. The molecule has 1 aliphatic rings. The number of hydrogen-bond acceptors (Lipinski definition) is 3. The van der Waals surface area contributed by atoms with Crippen molar-refractivity contribution < 1.29 is 4.79 Å². The predicted octanol–water partition coefficient (Wildman–Crippen LogP) is 2.24. The third kappa shape index (κ3) is 2.02. The highest BCUT2D eigenvalue weighted by atomic mass is 32.1. The van der Waals surface area contributed by atoms with Gasteiger partial charge >= 0.3 is 0 Å². The minimum absolute atomic E-state index is 0.0344. The number of carbonyl (C=O) groups excluding carboxylic acids is 1. The van der Waals surface area contributed by atoms with Gasteiger partial charge < -0.3 is 10.6 Å². The van der Waals surface area contributed by atoms with Crippen molar-refractivity contribution in [1.82, 2.24) is 10.6 Å². The van der Waals surface area contributed by atoms with Crippen LogP contribution < -0.4 is 10.6 Å². The maximum absolute atomic E-state index is 12.2. The number of hydrogen-bond donors (Lipinski definition) is 2. The molecule has 18 heavy (non-hydrogen) atoms. The number of fused-ring (bicyclic) bond motifs is 1. The van der Waals surface area contributed by atoms with Crippen molar-refractivity contribution in [1.29, 1.82) is 0 Å². The molecule has 2 heterocycles. The van der Waals surface area contributed by atoms with Gasteiger partial charge in [-0.15, -0.1) is 11.3 Å². The van der Waals surface area contributed by atoms with Crippen LogP contribution in [0.3, 0.4) is 0 Å². The SMILES string of the molecule is CC1(CNC(=O)c2cccc3sccc23)CNC1. The topological polar surface area (TPSA) is 41.1 Å². The van der Waals surface area contributed by atoms with E-state index in [1.165, 1.54) is 4.70 Å². The van der Waals surface area contributed by atoms with E-state index >= 15 is 0 Å². The lowest BCUT2D eigenvalue weighted by Gasteiger charge is -2.39. The minimum atomic E-state index is 0.0344. The van der Waals surface area contributed by atoms with Gasteiger partial charge in [0.05, 0.1) is 0 Å². The van der Waals surface area contributed by atoms with Crippen LogP contribution in [0.5, 0.6) is 0 Å². The number of rotatable bonds is 3. The van der Waals surface area contributed by atoms with E-state index in [0.717, 1.165) is 30.6 Å². The summed E-state index contributed by atoms with van der Waals surface area (Å²) in [6.45, 7) is 4.89. The average molecular weight is 260 g/mol. The van der Waals surface area contributed by atoms with E-state index in [4.69, 9.17) is 0 Å². The van der Waals surface area contributed by atoms with E-state index in [-0.39, 0.29) is 11.3 Å². The zero-order valence-corrected chi connectivity index (χ0v) is 11.1. The molecule has 1 aromatic carbocycles. The molecule has 94 valence electrons. The van der Waals surface area contributed by atoms with Gasteiger partial charge in [0.25, 0.3) is 5.91 Å². The molecule has 1 amide bonds. The van der Waals surface area contributed by atoms with Crippen molar-refractivity contribution in [2.24, 2.45) is 5.41 Å². The van der Waals surface area contributed by atoms with E-state index in [1.807, 2.05) is 29.6 Å². The van der Waals surface area contributed by atoms with Crippen LogP contribution in [-0.4, -0.2) is 25.5 Å². The van der Waals surface area contributed by atoms with E-state index in [2.05, 4.69) is 17.6 Å². The summed E-state index contributed by atoms with van der Waals surface area (Å²) in [5, 5.41) is 9.37. The van der Waals surface area contributed by atoms with Gasteiger partial charge in [0.15, 0.2) is 0 Å². The van der Waals surface area contributed by atoms with E-state index in [1.54, 1.807) is 11.3 Å².